The first-order valence-electron chi connectivity index (χ1n) is 9.17. The first kappa shape index (κ1) is 15.8. The lowest BCUT2D eigenvalue weighted by Gasteiger charge is -2.54. The van der Waals surface area contributed by atoms with Gasteiger partial charge in [0.2, 0.25) is 0 Å². The molecule has 21 heavy (non-hydrogen) atoms. The van der Waals surface area contributed by atoms with E-state index in [1.807, 2.05) is 0 Å². The number of rotatable bonds is 5. The van der Waals surface area contributed by atoms with Crippen LogP contribution in [0.25, 0.3) is 0 Å². The molecular formula is C18H34N2O. The SMILES string of the molecule is CCC1(CC)CN(CC2CCC(C)O2)C(C)(C2CC2)CN1. The van der Waals surface area contributed by atoms with Crippen LogP contribution in [0.1, 0.15) is 66.2 Å². The van der Waals surface area contributed by atoms with E-state index < -0.39 is 0 Å². The third kappa shape index (κ3) is 3.02. The number of nitrogens with zero attached hydrogens (tertiary/aromatic N) is 1. The average Bonchev–Trinajstić information content (AvgIpc) is 3.26. The van der Waals surface area contributed by atoms with Crippen molar-refractivity contribution in [2.75, 3.05) is 19.6 Å². The van der Waals surface area contributed by atoms with Crippen molar-refractivity contribution in [3.8, 4) is 0 Å². The van der Waals surface area contributed by atoms with Crippen LogP contribution in [0.4, 0.5) is 0 Å². The fourth-order valence-electron chi connectivity index (χ4n) is 4.45. The van der Waals surface area contributed by atoms with Crippen molar-refractivity contribution in [2.24, 2.45) is 5.92 Å². The highest BCUT2D eigenvalue weighted by Crippen LogP contribution is 2.45. The first-order valence-corrected chi connectivity index (χ1v) is 9.17. The van der Waals surface area contributed by atoms with E-state index in [1.54, 1.807) is 0 Å². The van der Waals surface area contributed by atoms with Gasteiger partial charge in [-0.25, -0.2) is 0 Å². The van der Waals surface area contributed by atoms with Crippen LogP contribution in [0.5, 0.6) is 0 Å². The van der Waals surface area contributed by atoms with E-state index in [0.717, 1.165) is 19.0 Å². The average molecular weight is 294 g/mol. The summed E-state index contributed by atoms with van der Waals surface area (Å²) >= 11 is 0. The summed E-state index contributed by atoms with van der Waals surface area (Å²) in [6.07, 6.45) is 8.70. The summed E-state index contributed by atoms with van der Waals surface area (Å²) < 4.78 is 6.13. The minimum Gasteiger partial charge on any atom is -0.374 e. The number of nitrogens with one attached hydrogen (secondary N) is 1. The maximum Gasteiger partial charge on any atom is 0.0706 e. The molecule has 1 saturated carbocycles. The molecule has 3 nitrogen and oxygen atoms in total. The minimum atomic E-state index is 0.318. The van der Waals surface area contributed by atoms with Crippen molar-refractivity contribution in [3.05, 3.63) is 0 Å². The van der Waals surface area contributed by atoms with Gasteiger partial charge in [0, 0.05) is 30.7 Å². The normalized spacial score (nSPS) is 40.6. The lowest BCUT2D eigenvalue weighted by Crippen LogP contribution is -2.70. The topological polar surface area (TPSA) is 24.5 Å². The Morgan fingerprint density at radius 2 is 1.86 bits per heavy atom. The van der Waals surface area contributed by atoms with Gasteiger partial charge in [-0.1, -0.05) is 13.8 Å². The molecule has 2 heterocycles. The predicted molar refractivity (Wildman–Crippen MR) is 87.6 cm³/mol. The minimum absolute atomic E-state index is 0.318. The molecule has 0 spiro atoms. The highest BCUT2D eigenvalue weighted by atomic mass is 16.5. The van der Waals surface area contributed by atoms with Crippen LogP contribution in [-0.4, -0.2) is 47.8 Å². The molecule has 2 aliphatic heterocycles. The molecule has 1 N–H and O–H groups in total. The van der Waals surface area contributed by atoms with Crippen LogP contribution in [-0.2, 0) is 4.74 Å². The molecule has 3 rings (SSSR count). The Balaban J connectivity index is 1.73. The zero-order valence-corrected chi connectivity index (χ0v) is 14.5. The zero-order valence-electron chi connectivity index (χ0n) is 14.5. The largest absolute Gasteiger partial charge is 0.374 e. The molecule has 122 valence electrons. The maximum absolute atomic E-state index is 6.13. The standard InChI is InChI=1S/C18H34N2O/c1-5-18(6-2)13-20(11-16-10-7-14(3)21-16)17(4,12-19-18)15-8-9-15/h14-16,19H,5-13H2,1-4H3. The molecule has 3 heteroatoms. The quantitative estimate of drug-likeness (QED) is 0.843. The maximum atomic E-state index is 6.13. The molecule has 3 fully saturated rings. The monoisotopic (exact) mass is 294 g/mol. The zero-order chi connectivity index (χ0) is 15.1. The fraction of sp³-hybridized carbons (Fsp3) is 1.00. The molecule has 0 aromatic rings. The number of hydrogen-bond acceptors (Lipinski definition) is 3. The molecule has 0 aromatic heterocycles. The molecule has 0 radical (unpaired) electrons. The van der Waals surface area contributed by atoms with Crippen molar-refractivity contribution < 1.29 is 4.74 Å². The van der Waals surface area contributed by atoms with Crippen LogP contribution < -0.4 is 5.32 Å². The summed E-state index contributed by atoms with van der Waals surface area (Å²) in [7, 11) is 0. The smallest absolute Gasteiger partial charge is 0.0706 e. The highest BCUT2D eigenvalue weighted by Gasteiger charge is 2.51. The van der Waals surface area contributed by atoms with Crippen LogP contribution in [0.2, 0.25) is 0 Å². The number of piperazine rings is 1. The second-order valence-electron chi connectivity index (χ2n) is 8.00. The summed E-state index contributed by atoms with van der Waals surface area (Å²) in [5, 5.41) is 3.93. The van der Waals surface area contributed by atoms with E-state index in [2.05, 4.69) is 37.9 Å². The third-order valence-corrected chi connectivity index (χ3v) is 6.59. The summed E-state index contributed by atoms with van der Waals surface area (Å²) in [6.45, 7) is 12.9. The van der Waals surface area contributed by atoms with E-state index in [0.29, 0.717) is 23.3 Å². The Morgan fingerprint density at radius 3 is 2.38 bits per heavy atom. The van der Waals surface area contributed by atoms with Gasteiger partial charge in [0.15, 0.2) is 0 Å². The summed E-state index contributed by atoms with van der Waals surface area (Å²) in [5.41, 5.74) is 0.668. The fourth-order valence-corrected chi connectivity index (χ4v) is 4.45. The Kier molecular flexibility index (Phi) is 4.37. The van der Waals surface area contributed by atoms with Crippen molar-refractivity contribution in [3.63, 3.8) is 0 Å². The lowest BCUT2D eigenvalue weighted by molar-refractivity contribution is -0.0444. The Hall–Kier alpha value is -0.120. The van der Waals surface area contributed by atoms with Gasteiger partial charge in [0.25, 0.3) is 0 Å². The molecular weight excluding hydrogens is 260 g/mol. The predicted octanol–water partition coefficient (Wildman–Crippen LogP) is 3.19. The van der Waals surface area contributed by atoms with Gasteiger partial charge in [-0.15, -0.1) is 0 Å². The third-order valence-electron chi connectivity index (χ3n) is 6.59. The Labute approximate surface area is 130 Å². The molecule has 1 aliphatic carbocycles. The van der Waals surface area contributed by atoms with Gasteiger partial charge in [-0.3, -0.25) is 4.90 Å². The molecule has 3 aliphatic rings. The molecule has 0 bridgehead atoms. The van der Waals surface area contributed by atoms with Gasteiger partial charge in [0.05, 0.1) is 12.2 Å². The van der Waals surface area contributed by atoms with E-state index >= 15 is 0 Å². The number of hydrogen-bond donors (Lipinski definition) is 1. The second-order valence-corrected chi connectivity index (χ2v) is 8.00. The van der Waals surface area contributed by atoms with Crippen molar-refractivity contribution in [1.29, 1.82) is 0 Å². The Bertz CT molecular complexity index is 364. The van der Waals surface area contributed by atoms with Crippen molar-refractivity contribution in [2.45, 2.75) is 89.5 Å². The van der Waals surface area contributed by atoms with E-state index in [-0.39, 0.29) is 0 Å². The van der Waals surface area contributed by atoms with Crippen LogP contribution in [0.3, 0.4) is 0 Å². The first-order chi connectivity index (χ1) is 10.0. The van der Waals surface area contributed by atoms with Crippen LogP contribution >= 0.6 is 0 Å². The van der Waals surface area contributed by atoms with Crippen molar-refractivity contribution in [1.82, 2.24) is 10.2 Å². The summed E-state index contributed by atoms with van der Waals surface area (Å²) in [4.78, 5) is 2.80. The Morgan fingerprint density at radius 1 is 1.14 bits per heavy atom. The molecule has 0 aromatic carbocycles. The summed E-state index contributed by atoms with van der Waals surface area (Å²) in [6, 6.07) is 0. The van der Waals surface area contributed by atoms with Gasteiger partial charge >= 0.3 is 0 Å². The molecule has 0 amide bonds. The number of ether oxygens (including phenoxy) is 1. The highest BCUT2D eigenvalue weighted by molar-refractivity contribution is 5.09. The van der Waals surface area contributed by atoms with Gasteiger partial charge < -0.3 is 10.1 Å². The van der Waals surface area contributed by atoms with E-state index in [1.165, 1.54) is 45.1 Å². The molecule has 2 saturated heterocycles. The molecule has 3 unspecified atom stereocenters. The van der Waals surface area contributed by atoms with Gasteiger partial charge in [-0.2, -0.15) is 0 Å². The van der Waals surface area contributed by atoms with Crippen LogP contribution in [0.15, 0.2) is 0 Å². The van der Waals surface area contributed by atoms with Gasteiger partial charge in [-0.05, 0) is 58.3 Å². The van der Waals surface area contributed by atoms with E-state index in [9.17, 15) is 0 Å². The van der Waals surface area contributed by atoms with Crippen LogP contribution in [0, 0.1) is 5.92 Å². The lowest BCUT2D eigenvalue weighted by atomic mass is 9.81. The van der Waals surface area contributed by atoms with Gasteiger partial charge in [0.1, 0.15) is 0 Å². The van der Waals surface area contributed by atoms with E-state index in [4.69, 9.17) is 4.74 Å². The van der Waals surface area contributed by atoms with Crippen molar-refractivity contribution >= 4 is 0 Å². The second kappa shape index (κ2) is 5.82. The molecule has 3 atom stereocenters. The summed E-state index contributed by atoms with van der Waals surface area (Å²) in [5.74, 6) is 0.899.